The van der Waals surface area contributed by atoms with Crippen molar-refractivity contribution in [2.75, 3.05) is 19.6 Å². The van der Waals surface area contributed by atoms with E-state index in [1.54, 1.807) is 0 Å². The molecule has 38 heavy (non-hydrogen) atoms. The lowest BCUT2D eigenvalue weighted by molar-refractivity contribution is -0.139. The standard InChI is InChI=1S/C34H62N2O2/c1-6-9-12-15-18-23-35-33(38)31(34-22-21-30(27-34)28(4)29(34)5)26-32(37)36(24-19-16-13-10-7-2)25-20-17-14-11-8-3/h30-31H,6-27H2,1-5H3,(H,35,38). The smallest absolute Gasteiger partial charge is 0.224 e. The number of rotatable bonds is 22. The summed E-state index contributed by atoms with van der Waals surface area (Å²) in [6.45, 7) is 13.7. The van der Waals surface area contributed by atoms with Gasteiger partial charge in [0.2, 0.25) is 11.8 Å². The number of allylic oxidation sites excluding steroid dienone is 2. The molecule has 3 unspecified atom stereocenters. The maximum atomic E-state index is 13.9. The zero-order chi connectivity index (χ0) is 27.8. The maximum absolute atomic E-state index is 13.9. The molecular weight excluding hydrogens is 468 g/mol. The van der Waals surface area contributed by atoms with Crippen LogP contribution in [0.15, 0.2) is 11.1 Å². The van der Waals surface area contributed by atoms with Crippen LogP contribution in [0.4, 0.5) is 0 Å². The van der Waals surface area contributed by atoms with Gasteiger partial charge in [-0.3, -0.25) is 9.59 Å². The van der Waals surface area contributed by atoms with E-state index in [0.29, 0.717) is 12.3 Å². The van der Waals surface area contributed by atoms with Gasteiger partial charge in [-0.1, -0.05) is 109 Å². The minimum absolute atomic E-state index is 0.107. The molecule has 0 heterocycles. The second kappa shape index (κ2) is 18.1. The largest absolute Gasteiger partial charge is 0.356 e. The molecule has 3 atom stereocenters. The van der Waals surface area contributed by atoms with E-state index in [2.05, 4.69) is 44.8 Å². The first kappa shape index (κ1) is 32.9. The van der Waals surface area contributed by atoms with Crippen LogP contribution in [-0.2, 0) is 9.59 Å². The van der Waals surface area contributed by atoms with Crippen molar-refractivity contribution in [3.05, 3.63) is 11.1 Å². The maximum Gasteiger partial charge on any atom is 0.224 e. The summed E-state index contributed by atoms with van der Waals surface area (Å²) in [6.07, 6.45) is 21.8. The number of amides is 2. The first-order valence-electron chi connectivity index (χ1n) is 16.6. The topological polar surface area (TPSA) is 49.4 Å². The van der Waals surface area contributed by atoms with Crippen LogP contribution < -0.4 is 5.32 Å². The predicted molar refractivity (Wildman–Crippen MR) is 162 cm³/mol. The summed E-state index contributed by atoms with van der Waals surface area (Å²) in [7, 11) is 0. The van der Waals surface area contributed by atoms with Gasteiger partial charge >= 0.3 is 0 Å². The van der Waals surface area contributed by atoms with E-state index < -0.39 is 0 Å². The molecule has 0 aromatic rings. The van der Waals surface area contributed by atoms with Gasteiger partial charge in [0, 0.05) is 31.5 Å². The van der Waals surface area contributed by atoms with Crippen molar-refractivity contribution in [1.29, 1.82) is 0 Å². The Hall–Kier alpha value is -1.32. The Morgan fingerprint density at radius 3 is 1.84 bits per heavy atom. The number of carbonyl (C=O) groups is 2. The van der Waals surface area contributed by atoms with E-state index in [0.717, 1.165) is 51.7 Å². The quantitative estimate of drug-likeness (QED) is 0.112. The molecule has 2 aliphatic rings. The van der Waals surface area contributed by atoms with Crippen LogP contribution in [0.3, 0.4) is 0 Å². The Labute approximate surface area is 236 Å². The summed E-state index contributed by atoms with van der Waals surface area (Å²) in [5.74, 6) is 0.738. The van der Waals surface area contributed by atoms with Crippen LogP contribution in [0.5, 0.6) is 0 Å². The van der Waals surface area contributed by atoms with E-state index in [1.807, 2.05) is 0 Å². The van der Waals surface area contributed by atoms with E-state index in [1.165, 1.54) is 94.6 Å². The lowest BCUT2D eigenvalue weighted by atomic mass is 9.68. The molecule has 0 spiro atoms. The van der Waals surface area contributed by atoms with Gasteiger partial charge in [-0.25, -0.2) is 0 Å². The van der Waals surface area contributed by atoms with Crippen LogP contribution in [0.1, 0.15) is 157 Å². The molecule has 0 radical (unpaired) electrons. The average Bonchev–Trinajstić information content (AvgIpc) is 3.46. The van der Waals surface area contributed by atoms with Crippen LogP contribution >= 0.6 is 0 Å². The molecule has 0 aromatic heterocycles. The molecule has 1 saturated carbocycles. The van der Waals surface area contributed by atoms with Crippen molar-refractivity contribution < 1.29 is 9.59 Å². The number of hydrogen-bond donors (Lipinski definition) is 1. The van der Waals surface area contributed by atoms with Crippen molar-refractivity contribution in [3.63, 3.8) is 0 Å². The summed E-state index contributed by atoms with van der Waals surface area (Å²) in [5, 5.41) is 3.29. The van der Waals surface area contributed by atoms with Gasteiger partial charge in [0.1, 0.15) is 0 Å². The Morgan fingerprint density at radius 2 is 1.34 bits per heavy atom. The molecule has 1 N–H and O–H groups in total. The van der Waals surface area contributed by atoms with E-state index >= 15 is 0 Å². The predicted octanol–water partition coefficient (Wildman–Crippen LogP) is 8.99. The number of fused-ring (bicyclic) bond motifs is 2. The third-order valence-corrected chi connectivity index (χ3v) is 9.86. The molecule has 0 aromatic carbocycles. The van der Waals surface area contributed by atoms with Gasteiger partial charge in [-0.05, 0) is 58.3 Å². The number of nitrogens with one attached hydrogen (secondary N) is 1. The highest BCUT2D eigenvalue weighted by atomic mass is 16.2. The molecule has 4 heteroatoms. The molecular formula is C34H62N2O2. The SMILES string of the molecule is CCCCCCCNC(=O)C(CC(=O)N(CCCCCCC)CCCCCCC)C12CCC(C1)C(C)=C2C. The van der Waals surface area contributed by atoms with Crippen molar-refractivity contribution in [2.45, 2.75) is 157 Å². The first-order chi connectivity index (χ1) is 18.4. The van der Waals surface area contributed by atoms with Crippen molar-refractivity contribution >= 4 is 11.8 Å². The fourth-order valence-electron chi connectivity index (χ4n) is 7.14. The van der Waals surface area contributed by atoms with Gasteiger partial charge in [0.15, 0.2) is 0 Å². The zero-order valence-electron chi connectivity index (χ0n) is 26.0. The van der Waals surface area contributed by atoms with E-state index in [4.69, 9.17) is 0 Å². The fraction of sp³-hybridized carbons (Fsp3) is 0.882. The second-order valence-electron chi connectivity index (χ2n) is 12.6. The van der Waals surface area contributed by atoms with Crippen LogP contribution in [0.25, 0.3) is 0 Å². The number of unbranched alkanes of at least 4 members (excludes halogenated alkanes) is 12. The number of hydrogen-bond acceptors (Lipinski definition) is 2. The molecule has 0 saturated heterocycles. The molecule has 2 aliphatic carbocycles. The van der Waals surface area contributed by atoms with Gasteiger partial charge in [-0.15, -0.1) is 0 Å². The van der Waals surface area contributed by atoms with Gasteiger partial charge in [0.25, 0.3) is 0 Å². The number of nitrogens with zero attached hydrogens (tertiary/aromatic N) is 1. The van der Waals surface area contributed by atoms with Crippen LogP contribution in [-0.4, -0.2) is 36.3 Å². The molecule has 2 bridgehead atoms. The Bertz CT molecular complexity index is 716. The summed E-state index contributed by atoms with van der Waals surface area (Å²) < 4.78 is 0. The van der Waals surface area contributed by atoms with Crippen LogP contribution in [0.2, 0.25) is 0 Å². The van der Waals surface area contributed by atoms with E-state index in [9.17, 15) is 9.59 Å². The average molecular weight is 531 g/mol. The lowest BCUT2D eigenvalue weighted by Crippen LogP contribution is -2.45. The van der Waals surface area contributed by atoms with Gasteiger partial charge in [0.05, 0.1) is 5.92 Å². The Balaban J connectivity index is 2.08. The molecule has 4 nitrogen and oxygen atoms in total. The van der Waals surface area contributed by atoms with E-state index in [-0.39, 0.29) is 23.1 Å². The Kier molecular flexibility index (Phi) is 15.7. The van der Waals surface area contributed by atoms with Crippen molar-refractivity contribution in [3.8, 4) is 0 Å². The zero-order valence-corrected chi connectivity index (χ0v) is 26.0. The minimum atomic E-state index is -0.226. The molecule has 2 amide bonds. The summed E-state index contributed by atoms with van der Waals surface area (Å²) in [6, 6.07) is 0. The highest BCUT2D eigenvalue weighted by molar-refractivity contribution is 5.87. The normalized spacial score (nSPS) is 21.2. The van der Waals surface area contributed by atoms with Gasteiger partial charge in [-0.2, -0.15) is 0 Å². The summed E-state index contributed by atoms with van der Waals surface area (Å²) in [5.41, 5.74) is 2.80. The summed E-state index contributed by atoms with van der Waals surface area (Å²) in [4.78, 5) is 29.8. The number of carbonyl (C=O) groups excluding carboxylic acids is 2. The first-order valence-corrected chi connectivity index (χ1v) is 16.6. The third kappa shape index (κ3) is 9.70. The third-order valence-electron chi connectivity index (χ3n) is 9.86. The molecule has 0 aliphatic heterocycles. The Morgan fingerprint density at radius 1 is 0.816 bits per heavy atom. The molecule has 220 valence electrons. The van der Waals surface area contributed by atoms with Crippen LogP contribution in [0, 0.1) is 17.3 Å². The highest BCUT2D eigenvalue weighted by Crippen LogP contribution is 2.61. The van der Waals surface area contributed by atoms with Crippen molar-refractivity contribution in [2.24, 2.45) is 17.3 Å². The minimum Gasteiger partial charge on any atom is -0.356 e. The second-order valence-corrected chi connectivity index (χ2v) is 12.6. The lowest BCUT2D eigenvalue weighted by Gasteiger charge is -2.38. The van der Waals surface area contributed by atoms with Crippen molar-refractivity contribution in [1.82, 2.24) is 10.2 Å². The molecule has 1 fully saturated rings. The van der Waals surface area contributed by atoms with Gasteiger partial charge < -0.3 is 10.2 Å². The molecule has 2 rings (SSSR count). The monoisotopic (exact) mass is 530 g/mol. The summed E-state index contributed by atoms with van der Waals surface area (Å²) >= 11 is 0. The fourth-order valence-corrected chi connectivity index (χ4v) is 7.14. The highest BCUT2D eigenvalue weighted by Gasteiger charge is 2.54.